The Morgan fingerprint density at radius 2 is 1.79 bits per heavy atom. The minimum absolute atomic E-state index is 0.958. The van der Waals surface area contributed by atoms with Crippen molar-refractivity contribution in [2.24, 2.45) is 0 Å². The molecule has 0 amide bonds. The molecule has 0 aliphatic rings. The molecule has 3 rings (SSSR count). The molecule has 2 aromatic carbocycles. The predicted molar refractivity (Wildman–Crippen MR) is 79.3 cm³/mol. The fraction of sp³-hybridized carbons (Fsp3) is 0.235. The van der Waals surface area contributed by atoms with Crippen LogP contribution in [0.2, 0.25) is 0 Å². The SMILES string of the molecule is CCc1ccc2[nH]c(CCc3ccccc3)nc2c1. The minimum atomic E-state index is 0.958. The number of rotatable bonds is 4. The van der Waals surface area contributed by atoms with Crippen molar-refractivity contribution in [3.63, 3.8) is 0 Å². The number of aromatic nitrogens is 2. The number of nitrogens with zero attached hydrogens (tertiary/aromatic N) is 1. The number of hydrogen-bond acceptors (Lipinski definition) is 1. The van der Waals surface area contributed by atoms with E-state index in [9.17, 15) is 0 Å². The van der Waals surface area contributed by atoms with E-state index >= 15 is 0 Å². The van der Waals surface area contributed by atoms with E-state index in [1.807, 2.05) is 0 Å². The summed E-state index contributed by atoms with van der Waals surface area (Å²) in [7, 11) is 0. The fourth-order valence-electron chi connectivity index (χ4n) is 2.35. The van der Waals surface area contributed by atoms with E-state index in [-0.39, 0.29) is 0 Å². The van der Waals surface area contributed by atoms with Crippen molar-refractivity contribution in [3.05, 3.63) is 65.5 Å². The first-order valence-corrected chi connectivity index (χ1v) is 6.86. The van der Waals surface area contributed by atoms with E-state index in [2.05, 4.69) is 65.4 Å². The largest absolute Gasteiger partial charge is 0.342 e. The minimum Gasteiger partial charge on any atom is -0.342 e. The molecule has 1 aromatic heterocycles. The van der Waals surface area contributed by atoms with Gasteiger partial charge in [-0.3, -0.25) is 0 Å². The molecule has 0 bridgehead atoms. The van der Waals surface area contributed by atoms with Crippen molar-refractivity contribution in [2.75, 3.05) is 0 Å². The predicted octanol–water partition coefficient (Wildman–Crippen LogP) is 3.91. The van der Waals surface area contributed by atoms with E-state index in [1.54, 1.807) is 0 Å². The number of H-pyrrole nitrogens is 1. The first-order chi connectivity index (χ1) is 9.35. The van der Waals surface area contributed by atoms with Gasteiger partial charge in [0, 0.05) is 6.42 Å². The summed E-state index contributed by atoms with van der Waals surface area (Å²) in [6.07, 6.45) is 3.05. The molecule has 2 nitrogen and oxygen atoms in total. The lowest BCUT2D eigenvalue weighted by Gasteiger charge is -1.97. The molecule has 0 spiro atoms. The number of imidazole rings is 1. The van der Waals surface area contributed by atoms with Crippen LogP contribution in [0, 0.1) is 0 Å². The van der Waals surface area contributed by atoms with Crippen LogP contribution in [-0.4, -0.2) is 9.97 Å². The lowest BCUT2D eigenvalue weighted by Crippen LogP contribution is -1.92. The summed E-state index contributed by atoms with van der Waals surface area (Å²) >= 11 is 0. The third kappa shape index (κ3) is 2.68. The van der Waals surface area contributed by atoms with Gasteiger partial charge in [-0.25, -0.2) is 4.98 Å². The maximum absolute atomic E-state index is 4.68. The zero-order valence-electron chi connectivity index (χ0n) is 11.2. The average molecular weight is 250 g/mol. The Balaban J connectivity index is 1.78. The normalized spacial score (nSPS) is 11.0. The molecule has 0 atom stereocenters. The van der Waals surface area contributed by atoms with E-state index in [1.165, 1.54) is 11.1 Å². The lowest BCUT2D eigenvalue weighted by atomic mass is 10.1. The van der Waals surface area contributed by atoms with Gasteiger partial charge in [-0.1, -0.05) is 43.3 Å². The van der Waals surface area contributed by atoms with Gasteiger partial charge in [0.25, 0.3) is 0 Å². The summed E-state index contributed by atoms with van der Waals surface area (Å²) in [5, 5.41) is 0. The third-order valence-electron chi connectivity index (χ3n) is 3.50. The maximum Gasteiger partial charge on any atom is 0.107 e. The van der Waals surface area contributed by atoms with Gasteiger partial charge in [-0.05, 0) is 36.1 Å². The van der Waals surface area contributed by atoms with Crippen LogP contribution in [0.1, 0.15) is 23.9 Å². The van der Waals surface area contributed by atoms with Gasteiger partial charge in [0.2, 0.25) is 0 Å². The molecule has 96 valence electrons. The van der Waals surface area contributed by atoms with Crippen molar-refractivity contribution >= 4 is 11.0 Å². The molecular weight excluding hydrogens is 232 g/mol. The second kappa shape index (κ2) is 5.27. The standard InChI is InChI=1S/C17H18N2/c1-2-13-8-10-15-16(12-13)19-17(18-15)11-9-14-6-4-3-5-7-14/h3-8,10,12H,2,9,11H2,1H3,(H,18,19). The van der Waals surface area contributed by atoms with Gasteiger partial charge in [0.15, 0.2) is 0 Å². The fourth-order valence-corrected chi connectivity index (χ4v) is 2.35. The first-order valence-electron chi connectivity index (χ1n) is 6.86. The summed E-state index contributed by atoms with van der Waals surface area (Å²) in [5.41, 5.74) is 4.92. The maximum atomic E-state index is 4.68. The van der Waals surface area contributed by atoms with Crippen molar-refractivity contribution in [2.45, 2.75) is 26.2 Å². The molecule has 0 fully saturated rings. The number of benzene rings is 2. The van der Waals surface area contributed by atoms with Crippen LogP contribution < -0.4 is 0 Å². The molecule has 0 saturated heterocycles. The highest BCUT2D eigenvalue weighted by molar-refractivity contribution is 5.75. The average Bonchev–Trinajstić information content (AvgIpc) is 2.88. The summed E-state index contributed by atoms with van der Waals surface area (Å²) in [5.74, 6) is 1.08. The lowest BCUT2D eigenvalue weighted by molar-refractivity contribution is 0.890. The van der Waals surface area contributed by atoms with Crippen molar-refractivity contribution in [3.8, 4) is 0 Å². The number of aromatic amines is 1. The molecule has 0 saturated carbocycles. The highest BCUT2D eigenvalue weighted by Gasteiger charge is 2.03. The van der Waals surface area contributed by atoms with Gasteiger partial charge >= 0.3 is 0 Å². The van der Waals surface area contributed by atoms with E-state index in [0.29, 0.717) is 0 Å². The van der Waals surface area contributed by atoms with Crippen LogP contribution in [0.5, 0.6) is 0 Å². The smallest absolute Gasteiger partial charge is 0.107 e. The highest BCUT2D eigenvalue weighted by atomic mass is 14.9. The monoisotopic (exact) mass is 250 g/mol. The first kappa shape index (κ1) is 12.0. The Kier molecular flexibility index (Phi) is 3.32. The van der Waals surface area contributed by atoms with Gasteiger partial charge < -0.3 is 4.98 Å². The second-order valence-corrected chi connectivity index (χ2v) is 4.87. The molecule has 0 radical (unpaired) electrons. The van der Waals surface area contributed by atoms with Crippen LogP contribution in [0.3, 0.4) is 0 Å². The Labute approximate surface area is 113 Å². The Hall–Kier alpha value is -2.09. The number of nitrogens with one attached hydrogen (secondary N) is 1. The molecule has 3 aromatic rings. The van der Waals surface area contributed by atoms with E-state index in [0.717, 1.165) is 36.1 Å². The van der Waals surface area contributed by atoms with Crippen LogP contribution in [0.15, 0.2) is 48.5 Å². The van der Waals surface area contributed by atoms with Gasteiger partial charge in [0.05, 0.1) is 11.0 Å². The topological polar surface area (TPSA) is 28.7 Å². The third-order valence-corrected chi connectivity index (χ3v) is 3.50. The van der Waals surface area contributed by atoms with Crippen LogP contribution in [-0.2, 0) is 19.3 Å². The zero-order chi connectivity index (χ0) is 13.1. The number of aryl methyl sites for hydroxylation is 3. The Bertz CT molecular complexity index is 668. The summed E-state index contributed by atoms with van der Waals surface area (Å²) in [6.45, 7) is 2.17. The number of hydrogen-bond donors (Lipinski definition) is 1. The molecule has 1 heterocycles. The Morgan fingerprint density at radius 1 is 0.947 bits per heavy atom. The van der Waals surface area contributed by atoms with Gasteiger partial charge in [-0.2, -0.15) is 0 Å². The van der Waals surface area contributed by atoms with Crippen LogP contribution >= 0.6 is 0 Å². The number of fused-ring (bicyclic) bond motifs is 1. The van der Waals surface area contributed by atoms with Crippen LogP contribution in [0.4, 0.5) is 0 Å². The quantitative estimate of drug-likeness (QED) is 0.747. The summed E-state index contributed by atoms with van der Waals surface area (Å²) in [6, 6.07) is 17.0. The molecule has 2 heteroatoms. The molecule has 0 aliphatic carbocycles. The Morgan fingerprint density at radius 3 is 2.58 bits per heavy atom. The molecule has 1 N–H and O–H groups in total. The molecule has 19 heavy (non-hydrogen) atoms. The van der Waals surface area contributed by atoms with Gasteiger partial charge in [0.1, 0.15) is 5.82 Å². The molecular formula is C17H18N2. The van der Waals surface area contributed by atoms with E-state index < -0.39 is 0 Å². The zero-order valence-corrected chi connectivity index (χ0v) is 11.2. The summed E-state index contributed by atoms with van der Waals surface area (Å²) in [4.78, 5) is 8.09. The van der Waals surface area contributed by atoms with Crippen molar-refractivity contribution in [1.29, 1.82) is 0 Å². The van der Waals surface area contributed by atoms with Crippen molar-refractivity contribution in [1.82, 2.24) is 9.97 Å². The second-order valence-electron chi connectivity index (χ2n) is 4.87. The highest BCUT2D eigenvalue weighted by Crippen LogP contribution is 2.15. The summed E-state index contributed by atoms with van der Waals surface area (Å²) < 4.78 is 0. The molecule has 0 unspecified atom stereocenters. The van der Waals surface area contributed by atoms with Gasteiger partial charge in [-0.15, -0.1) is 0 Å². The molecule has 0 aliphatic heterocycles. The van der Waals surface area contributed by atoms with Crippen LogP contribution in [0.25, 0.3) is 11.0 Å². The van der Waals surface area contributed by atoms with Crippen molar-refractivity contribution < 1.29 is 0 Å². The van der Waals surface area contributed by atoms with E-state index in [4.69, 9.17) is 0 Å².